The molecule has 2 heteroatoms. The maximum atomic E-state index is 11.9. The van der Waals surface area contributed by atoms with E-state index in [1.54, 1.807) is 0 Å². The third kappa shape index (κ3) is 2.14. The summed E-state index contributed by atoms with van der Waals surface area (Å²) in [4.78, 5) is 11.9. The predicted octanol–water partition coefficient (Wildman–Crippen LogP) is 4.54. The molecule has 0 aromatic rings. The first kappa shape index (κ1) is 16.6. The topological polar surface area (TPSA) is 37.3 Å². The molecule has 0 radical (unpaired) electrons. The first-order valence-corrected chi connectivity index (χ1v) is 9.94. The molecule has 132 valence electrons. The zero-order valence-corrected chi connectivity index (χ0v) is 15.4. The number of carbonyl (C=O) groups excluding carboxylic acids is 1. The monoisotopic (exact) mass is 328 g/mol. The standard InChI is InChI=1S/C22H32O2/c1-14(13-23)18-6-7-19-17-5-4-15-12-16(24)8-10-21(15,2)20(17)9-11-22(18,19)3/h4-5,12,14,17-20,23H,6-11,13H2,1-3H3/t14-,17+,18-,19+,20+,21+,22-/m1/s1. The second-order valence-corrected chi connectivity index (χ2v) is 9.52. The molecule has 0 aliphatic heterocycles. The van der Waals surface area contributed by atoms with E-state index in [4.69, 9.17) is 0 Å². The Hall–Kier alpha value is -0.890. The number of aliphatic hydroxyl groups excluding tert-OH is 1. The van der Waals surface area contributed by atoms with Gasteiger partial charge >= 0.3 is 0 Å². The van der Waals surface area contributed by atoms with Crippen LogP contribution in [0.25, 0.3) is 0 Å². The van der Waals surface area contributed by atoms with E-state index in [1.165, 1.54) is 31.3 Å². The molecule has 0 aromatic carbocycles. The van der Waals surface area contributed by atoms with Gasteiger partial charge in [0.1, 0.15) is 0 Å². The molecule has 0 bridgehead atoms. The summed E-state index contributed by atoms with van der Waals surface area (Å²) < 4.78 is 0. The highest BCUT2D eigenvalue weighted by atomic mass is 16.3. The summed E-state index contributed by atoms with van der Waals surface area (Å²) in [5.74, 6) is 3.51. The summed E-state index contributed by atoms with van der Waals surface area (Å²) in [6.07, 6.45) is 13.6. The van der Waals surface area contributed by atoms with Crippen LogP contribution < -0.4 is 0 Å². The van der Waals surface area contributed by atoms with Crippen molar-refractivity contribution in [2.24, 2.45) is 40.4 Å². The molecule has 2 saturated carbocycles. The molecule has 0 aromatic heterocycles. The number of rotatable bonds is 2. The van der Waals surface area contributed by atoms with E-state index in [1.807, 2.05) is 6.08 Å². The number of carbonyl (C=O) groups is 1. The number of aliphatic hydroxyl groups is 1. The number of ketones is 1. The average molecular weight is 328 g/mol. The molecule has 4 rings (SSSR count). The Bertz CT molecular complexity index is 603. The van der Waals surface area contributed by atoms with E-state index < -0.39 is 0 Å². The largest absolute Gasteiger partial charge is 0.396 e. The molecule has 0 heterocycles. The van der Waals surface area contributed by atoms with Crippen molar-refractivity contribution < 1.29 is 9.90 Å². The molecule has 24 heavy (non-hydrogen) atoms. The van der Waals surface area contributed by atoms with Crippen molar-refractivity contribution >= 4 is 5.78 Å². The lowest BCUT2D eigenvalue weighted by atomic mass is 9.48. The first-order valence-electron chi connectivity index (χ1n) is 9.94. The summed E-state index contributed by atoms with van der Waals surface area (Å²) in [5, 5.41) is 9.70. The molecule has 4 aliphatic carbocycles. The van der Waals surface area contributed by atoms with Gasteiger partial charge in [0.15, 0.2) is 5.78 Å². The van der Waals surface area contributed by atoms with Gasteiger partial charge in [-0.1, -0.05) is 32.9 Å². The van der Waals surface area contributed by atoms with Gasteiger partial charge in [0.05, 0.1) is 0 Å². The van der Waals surface area contributed by atoms with Crippen LogP contribution in [-0.4, -0.2) is 17.5 Å². The van der Waals surface area contributed by atoms with Crippen LogP contribution in [0, 0.1) is 40.4 Å². The zero-order valence-electron chi connectivity index (χ0n) is 15.4. The lowest BCUT2D eigenvalue weighted by Gasteiger charge is -2.56. The van der Waals surface area contributed by atoms with Crippen molar-refractivity contribution in [1.29, 1.82) is 0 Å². The summed E-state index contributed by atoms with van der Waals surface area (Å²) >= 11 is 0. The van der Waals surface area contributed by atoms with E-state index in [-0.39, 0.29) is 5.41 Å². The minimum atomic E-state index is 0.204. The molecule has 2 nitrogen and oxygen atoms in total. The predicted molar refractivity (Wildman–Crippen MR) is 96.4 cm³/mol. The lowest BCUT2D eigenvalue weighted by Crippen LogP contribution is -2.49. The molecular weight excluding hydrogens is 296 g/mol. The fraction of sp³-hybridized carbons (Fsp3) is 0.773. The van der Waals surface area contributed by atoms with Crippen LogP contribution >= 0.6 is 0 Å². The van der Waals surface area contributed by atoms with Crippen LogP contribution in [0.3, 0.4) is 0 Å². The van der Waals surface area contributed by atoms with Gasteiger partial charge in [-0.05, 0) is 84.2 Å². The number of allylic oxidation sites excluding steroid dienone is 4. The Balaban J connectivity index is 1.68. The SMILES string of the molecule is C[C@H](CO)[C@H]1CC[C@H]2[C@@H]3C=CC4=CC(=O)CC[C@]4(C)[C@H]3CC[C@]12C. The average Bonchev–Trinajstić information content (AvgIpc) is 2.92. The van der Waals surface area contributed by atoms with Crippen molar-refractivity contribution in [1.82, 2.24) is 0 Å². The number of fused-ring (bicyclic) bond motifs is 5. The van der Waals surface area contributed by atoms with E-state index in [9.17, 15) is 9.90 Å². The fourth-order valence-corrected chi connectivity index (χ4v) is 7.10. The summed E-state index contributed by atoms with van der Waals surface area (Å²) in [6, 6.07) is 0. The highest BCUT2D eigenvalue weighted by Crippen LogP contribution is 2.66. The van der Waals surface area contributed by atoms with Crippen LogP contribution in [0.4, 0.5) is 0 Å². The Labute approximate surface area is 146 Å². The maximum Gasteiger partial charge on any atom is 0.156 e. The van der Waals surface area contributed by atoms with Crippen molar-refractivity contribution in [2.75, 3.05) is 6.61 Å². The molecule has 0 saturated heterocycles. The molecular formula is C22H32O2. The highest BCUT2D eigenvalue weighted by Gasteiger charge is 2.58. The molecule has 0 amide bonds. The lowest BCUT2D eigenvalue weighted by molar-refractivity contribution is -0.116. The second kappa shape index (κ2) is 5.56. The van der Waals surface area contributed by atoms with Gasteiger partial charge in [-0.25, -0.2) is 0 Å². The second-order valence-electron chi connectivity index (χ2n) is 9.52. The smallest absolute Gasteiger partial charge is 0.156 e. The molecule has 4 aliphatic rings. The van der Waals surface area contributed by atoms with Gasteiger partial charge in [-0.15, -0.1) is 0 Å². The zero-order chi connectivity index (χ0) is 17.1. The fourth-order valence-electron chi connectivity index (χ4n) is 7.10. The highest BCUT2D eigenvalue weighted by molar-refractivity contribution is 5.92. The normalized spacial score (nSPS) is 48.3. The van der Waals surface area contributed by atoms with Crippen molar-refractivity contribution in [2.45, 2.75) is 59.3 Å². The van der Waals surface area contributed by atoms with Gasteiger partial charge in [0, 0.05) is 13.0 Å². The Morgan fingerprint density at radius 2 is 2.00 bits per heavy atom. The summed E-state index contributed by atoms with van der Waals surface area (Å²) in [6.45, 7) is 7.47. The quantitative estimate of drug-likeness (QED) is 0.808. The van der Waals surface area contributed by atoms with Crippen LogP contribution in [0.15, 0.2) is 23.8 Å². The van der Waals surface area contributed by atoms with Crippen molar-refractivity contribution in [3.63, 3.8) is 0 Å². The molecule has 0 unspecified atom stereocenters. The Morgan fingerprint density at radius 3 is 2.75 bits per heavy atom. The minimum Gasteiger partial charge on any atom is -0.396 e. The van der Waals surface area contributed by atoms with Gasteiger partial charge in [0.25, 0.3) is 0 Å². The number of hydrogen-bond acceptors (Lipinski definition) is 2. The van der Waals surface area contributed by atoms with Crippen molar-refractivity contribution in [3.05, 3.63) is 23.8 Å². The molecule has 1 N–H and O–H groups in total. The minimum absolute atomic E-state index is 0.204. The van der Waals surface area contributed by atoms with Gasteiger partial charge in [-0.2, -0.15) is 0 Å². The van der Waals surface area contributed by atoms with Crippen LogP contribution in [-0.2, 0) is 4.79 Å². The van der Waals surface area contributed by atoms with Gasteiger partial charge in [-0.3, -0.25) is 4.79 Å². The van der Waals surface area contributed by atoms with Gasteiger partial charge in [0.2, 0.25) is 0 Å². The van der Waals surface area contributed by atoms with Crippen LogP contribution in [0.2, 0.25) is 0 Å². The molecule has 7 atom stereocenters. The Kier molecular flexibility index (Phi) is 3.84. The summed E-state index contributed by atoms with van der Waals surface area (Å²) in [5.41, 5.74) is 1.88. The van der Waals surface area contributed by atoms with E-state index in [0.717, 1.165) is 18.8 Å². The molecule has 2 fully saturated rings. The van der Waals surface area contributed by atoms with Crippen LogP contribution in [0.1, 0.15) is 59.3 Å². The number of hydrogen-bond donors (Lipinski definition) is 1. The third-order valence-electron chi connectivity index (χ3n) is 8.56. The van der Waals surface area contributed by atoms with E-state index >= 15 is 0 Å². The Morgan fingerprint density at radius 1 is 1.21 bits per heavy atom. The van der Waals surface area contributed by atoms with E-state index in [0.29, 0.717) is 41.5 Å². The van der Waals surface area contributed by atoms with E-state index in [2.05, 4.69) is 32.9 Å². The summed E-state index contributed by atoms with van der Waals surface area (Å²) in [7, 11) is 0. The first-order chi connectivity index (χ1) is 11.4. The third-order valence-corrected chi connectivity index (χ3v) is 8.56. The maximum absolute atomic E-state index is 11.9. The van der Waals surface area contributed by atoms with Crippen molar-refractivity contribution in [3.8, 4) is 0 Å². The van der Waals surface area contributed by atoms with Crippen LogP contribution in [0.5, 0.6) is 0 Å². The molecule has 0 spiro atoms. The van der Waals surface area contributed by atoms with Gasteiger partial charge < -0.3 is 5.11 Å².